The molecule has 0 aromatic carbocycles. The Morgan fingerprint density at radius 1 is 1.67 bits per heavy atom. The SMILES string of the molecule is NC(CS)C(=O)OCCC1CC1. The van der Waals surface area contributed by atoms with Gasteiger partial charge < -0.3 is 10.5 Å². The van der Waals surface area contributed by atoms with Crippen molar-refractivity contribution in [1.29, 1.82) is 0 Å². The monoisotopic (exact) mass is 189 g/mol. The highest BCUT2D eigenvalue weighted by Crippen LogP contribution is 2.32. The molecule has 1 atom stereocenters. The van der Waals surface area contributed by atoms with Crippen molar-refractivity contribution in [1.82, 2.24) is 0 Å². The first kappa shape index (κ1) is 9.86. The second-order valence-corrected chi connectivity index (χ2v) is 3.55. The molecular weight excluding hydrogens is 174 g/mol. The van der Waals surface area contributed by atoms with Crippen molar-refractivity contribution < 1.29 is 9.53 Å². The normalized spacial score (nSPS) is 18.8. The van der Waals surface area contributed by atoms with Crippen LogP contribution in [0.15, 0.2) is 0 Å². The molecule has 1 aliphatic carbocycles. The number of esters is 1. The summed E-state index contributed by atoms with van der Waals surface area (Å²) in [5, 5.41) is 0. The van der Waals surface area contributed by atoms with E-state index in [0.29, 0.717) is 12.4 Å². The van der Waals surface area contributed by atoms with E-state index in [2.05, 4.69) is 12.6 Å². The van der Waals surface area contributed by atoms with Crippen molar-refractivity contribution in [3.8, 4) is 0 Å². The van der Waals surface area contributed by atoms with Crippen LogP contribution in [0.1, 0.15) is 19.3 Å². The van der Waals surface area contributed by atoms with Crippen molar-refractivity contribution in [2.75, 3.05) is 12.4 Å². The molecular formula is C8H15NO2S. The molecule has 0 aromatic rings. The standard InChI is InChI=1S/C8H15NO2S/c9-7(5-12)8(10)11-4-3-6-1-2-6/h6-7,12H,1-5,9H2. The Balaban J connectivity index is 2.00. The van der Waals surface area contributed by atoms with Gasteiger partial charge >= 0.3 is 5.97 Å². The van der Waals surface area contributed by atoms with Gasteiger partial charge in [-0.3, -0.25) is 4.79 Å². The molecule has 0 bridgehead atoms. The molecule has 0 aliphatic heterocycles. The lowest BCUT2D eigenvalue weighted by Gasteiger charge is -2.07. The summed E-state index contributed by atoms with van der Waals surface area (Å²) in [5.41, 5.74) is 5.40. The van der Waals surface area contributed by atoms with Crippen LogP contribution in [0.3, 0.4) is 0 Å². The van der Waals surface area contributed by atoms with Crippen LogP contribution in [0.25, 0.3) is 0 Å². The zero-order valence-corrected chi connectivity index (χ0v) is 7.93. The molecule has 0 saturated heterocycles. The summed E-state index contributed by atoms with van der Waals surface area (Å²) in [6, 6.07) is -0.562. The third-order valence-corrected chi connectivity index (χ3v) is 2.36. The third kappa shape index (κ3) is 3.45. The molecule has 1 rings (SSSR count). The molecule has 0 heterocycles. The number of hydrogen-bond donors (Lipinski definition) is 2. The van der Waals surface area contributed by atoms with E-state index < -0.39 is 6.04 Å². The van der Waals surface area contributed by atoms with Crippen LogP contribution < -0.4 is 5.73 Å². The topological polar surface area (TPSA) is 52.3 Å². The smallest absolute Gasteiger partial charge is 0.323 e. The van der Waals surface area contributed by atoms with Gasteiger partial charge in [0.15, 0.2) is 0 Å². The fourth-order valence-electron chi connectivity index (χ4n) is 0.914. The van der Waals surface area contributed by atoms with Gasteiger partial charge in [-0.2, -0.15) is 12.6 Å². The largest absolute Gasteiger partial charge is 0.464 e. The molecule has 0 amide bonds. The lowest BCUT2D eigenvalue weighted by Crippen LogP contribution is -2.34. The summed E-state index contributed by atoms with van der Waals surface area (Å²) in [6.07, 6.45) is 3.57. The Hall–Kier alpha value is -0.220. The maximum Gasteiger partial charge on any atom is 0.323 e. The number of carbonyl (C=O) groups excluding carboxylic acids is 1. The molecule has 0 radical (unpaired) electrons. The predicted molar refractivity (Wildman–Crippen MR) is 50.1 cm³/mol. The minimum absolute atomic E-state index is 0.328. The van der Waals surface area contributed by atoms with Crippen molar-refractivity contribution in [3.63, 3.8) is 0 Å². The Bertz CT molecular complexity index is 159. The van der Waals surface area contributed by atoms with E-state index in [-0.39, 0.29) is 5.97 Å². The van der Waals surface area contributed by atoms with E-state index in [0.717, 1.165) is 12.3 Å². The molecule has 4 heteroatoms. The number of hydrogen-bond acceptors (Lipinski definition) is 4. The van der Waals surface area contributed by atoms with Crippen LogP contribution in [-0.4, -0.2) is 24.4 Å². The van der Waals surface area contributed by atoms with Crippen molar-refractivity contribution in [2.24, 2.45) is 11.7 Å². The Morgan fingerprint density at radius 3 is 2.83 bits per heavy atom. The van der Waals surface area contributed by atoms with E-state index in [1.807, 2.05) is 0 Å². The summed E-state index contributed by atoms with van der Waals surface area (Å²) >= 11 is 3.90. The number of rotatable bonds is 5. The maximum absolute atomic E-state index is 11.0. The van der Waals surface area contributed by atoms with Crippen molar-refractivity contribution in [2.45, 2.75) is 25.3 Å². The second kappa shape index (κ2) is 4.72. The Labute approximate surface area is 78.1 Å². The fraction of sp³-hybridized carbons (Fsp3) is 0.875. The predicted octanol–water partition coefficient (Wildman–Crippen LogP) is 0.587. The van der Waals surface area contributed by atoms with Gasteiger partial charge in [0.25, 0.3) is 0 Å². The van der Waals surface area contributed by atoms with E-state index in [4.69, 9.17) is 10.5 Å². The molecule has 70 valence electrons. The lowest BCUT2D eigenvalue weighted by atomic mass is 10.3. The van der Waals surface area contributed by atoms with Gasteiger partial charge in [0.05, 0.1) is 6.61 Å². The highest BCUT2D eigenvalue weighted by molar-refractivity contribution is 7.80. The third-order valence-electron chi connectivity index (χ3n) is 1.97. The van der Waals surface area contributed by atoms with Crippen LogP contribution >= 0.6 is 12.6 Å². The Morgan fingerprint density at radius 2 is 2.33 bits per heavy atom. The van der Waals surface area contributed by atoms with Gasteiger partial charge in [-0.25, -0.2) is 0 Å². The van der Waals surface area contributed by atoms with Crippen LogP contribution in [-0.2, 0) is 9.53 Å². The number of ether oxygens (including phenoxy) is 1. The van der Waals surface area contributed by atoms with E-state index in [9.17, 15) is 4.79 Å². The average molecular weight is 189 g/mol. The van der Waals surface area contributed by atoms with Crippen LogP contribution in [0, 0.1) is 5.92 Å². The van der Waals surface area contributed by atoms with E-state index >= 15 is 0 Å². The number of thiol groups is 1. The summed E-state index contributed by atoms with van der Waals surface area (Å²) in [7, 11) is 0. The summed E-state index contributed by atoms with van der Waals surface area (Å²) < 4.78 is 4.93. The molecule has 12 heavy (non-hydrogen) atoms. The minimum atomic E-state index is -0.562. The van der Waals surface area contributed by atoms with E-state index in [1.54, 1.807) is 0 Å². The van der Waals surface area contributed by atoms with Gasteiger partial charge in [0.2, 0.25) is 0 Å². The van der Waals surface area contributed by atoms with Crippen molar-refractivity contribution in [3.05, 3.63) is 0 Å². The molecule has 1 saturated carbocycles. The van der Waals surface area contributed by atoms with Gasteiger partial charge in [-0.1, -0.05) is 12.8 Å². The maximum atomic E-state index is 11.0. The Kier molecular flexibility index (Phi) is 3.88. The first-order valence-electron chi connectivity index (χ1n) is 4.27. The molecule has 3 nitrogen and oxygen atoms in total. The molecule has 0 spiro atoms. The first-order chi connectivity index (χ1) is 5.74. The van der Waals surface area contributed by atoms with Gasteiger partial charge in [0, 0.05) is 5.75 Å². The summed E-state index contributed by atoms with van der Waals surface area (Å²) in [6.45, 7) is 0.519. The van der Waals surface area contributed by atoms with Crippen LogP contribution in [0.4, 0.5) is 0 Å². The van der Waals surface area contributed by atoms with Crippen molar-refractivity contribution >= 4 is 18.6 Å². The number of nitrogens with two attached hydrogens (primary N) is 1. The lowest BCUT2D eigenvalue weighted by molar-refractivity contribution is -0.144. The van der Waals surface area contributed by atoms with Gasteiger partial charge in [-0.15, -0.1) is 0 Å². The second-order valence-electron chi connectivity index (χ2n) is 3.19. The van der Waals surface area contributed by atoms with Gasteiger partial charge in [-0.05, 0) is 12.3 Å². The van der Waals surface area contributed by atoms with Crippen LogP contribution in [0.5, 0.6) is 0 Å². The quantitative estimate of drug-likeness (QED) is 0.491. The summed E-state index contributed by atoms with van der Waals surface area (Å²) in [4.78, 5) is 11.0. The molecule has 1 aliphatic rings. The zero-order chi connectivity index (χ0) is 8.97. The first-order valence-corrected chi connectivity index (χ1v) is 4.90. The number of carbonyl (C=O) groups is 1. The molecule has 1 fully saturated rings. The zero-order valence-electron chi connectivity index (χ0n) is 7.03. The highest BCUT2D eigenvalue weighted by atomic mass is 32.1. The fourth-order valence-corrected chi connectivity index (χ4v) is 1.06. The average Bonchev–Trinajstić information content (AvgIpc) is 2.86. The highest BCUT2D eigenvalue weighted by Gasteiger charge is 2.21. The molecule has 0 aromatic heterocycles. The summed E-state index contributed by atoms with van der Waals surface area (Å²) in [5.74, 6) is 0.818. The van der Waals surface area contributed by atoms with E-state index in [1.165, 1.54) is 12.8 Å². The van der Waals surface area contributed by atoms with Gasteiger partial charge in [0.1, 0.15) is 6.04 Å². The van der Waals surface area contributed by atoms with Crippen LogP contribution in [0.2, 0.25) is 0 Å². The molecule has 1 unspecified atom stereocenters. The molecule has 2 N–H and O–H groups in total. The minimum Gasteiger partial charge on any atom is -0.464 e.